The summed E-state index contributed by atoms with van der Waals surface area (Å²) >= 11 is 1.39. The van der Waals surface area contributed by atoms with Crippen molar-refractivity contribution in [2.45, 2.75) is 6.92 Å². The molecule has 2 aromatic heterocycles. The number of nitrogens with one attached hydrogen (secondary N) is 1. The summed E-state index contributed by atoms with van der Waals surface area (Å²) in [6.45, 7) is 1.88. The van der Waals surface area contributed by atoms with Gasteiger partial charge in [-0.05, 0) is 37.3 Å². The molecular formula is C14H13N5OS. The van der Waals surface area contributed by atoms with Crippen LogP contribution in [0.5, 0.6) is 0 Å². The lowest BCUT2D eigenvalue weighted by Crippen LogP contribution is -2.13. The number of carbonyl (C=O) groups is 1. The maximum absolute atomic E-state index is 12.1. The van der Waals surface area contributed by atoms with Gasteiger partial charge in [-0.3, -0.25) is 10.1 Å². The van der Waals surface area contributed by atoms with Crippen molar-refractivity contribution in [3.8, 4) is 5.69 Å². The van der Waals surface area contributed by atoms with Gasteiger partial charge in [-0.2, -0.15) is 5.10 Å². The van der Waals surface area contributed by atoms with E-state index in [0.29, 0.717) is 16.5 Å². The molecular weight excluding hydrogens is 286 g/mol. The van der Waals surface area contributed by atoms with Gasteiger partial charge in [0.05, 0.1) is 11.4 Å². The second-order valence-corrected chi connectivity index (χ2v) is 5.34. The van der Waals surface area contributed by atoms with E-state index in [0.717, 1.165) is 11.4 Å². The van der Waals surface area contributed by atoms with Crippen LogP contribution in [0.1, 0.15) is 16.2 Å². The maximum atomic E-state index is 12.1. The molecule has 0 aliphatic rings. The summed E-state index contributed by atoms with van der Waals surface area (Å²) in [4.78, 5) is 16.3. The van der Waals surface area contributed by atoms with Crippen molar-refractivity contribution in [1.29, 1.82) is 0 Å². The Morgan fingerprint density at radius 2 is 2.05 bits per heavy atom. The SMILES string of the molecule is Cc1csc(NC(=O)c2ccn(-c3ccc(N)cc3)n2)n1. The summed E-state index contributed by atoms with van der Waals surface area (Å²) in [7, 11) is 0. The molecule has 1 aromatic carbocycles. The Labute approximate surface area is 125 Å². The van der Waals surface area contributed by atoms with Crippen molar-refractivity contribution >= 4 is 28.1 Å². The molecule has 106 valence electrons. The zero-order chi connectivity index (χ0) is 14.8. The van der Waals surface area contributed by atoms with Crippen LogP contribution in [0.3, 0.4) is 0 Å². The third-order valence-corrected chi connectivity index (χ3v) is 3.69. The Morgan fingerprint density at radius 1 is 1.29 bits per heavy atom. The normalized spacial score (nSPS) is 10.5. The summed E-state index contributed by atoms with van der Waals surface area (Å²) in [6.07, 6.45) is 1.73. The quantitative estimate of drug-likeness (QED) is 0.727. The Kier molecular flexibility index (Phi) is 3.41. The third-order valence-electron chi connectivity index (χ3n) is 2.82. The van der Waals surface area contributed by atoms with E-state index in [2.05, 4.69) is 15.4 Å². The lowest BCUT2D eigenvalue weighted by Gasteiger charge is -2.01. The topological polar surface area (TPSA) is 85.8 Å². The van der Waals surface area contributed by atoms with Crippen LogP contribution in [0.25, 0.3) is 5.69 Å². The second-order valence-electron chi connectivity index (χ2n) is 4.49. The van der Waals surface area contributed by atoms with Crippen LogP contribution in [-0.4, -0.2) is 20.7 Å². The van der Waals surface area contributed by atoms with Crippen LogP contribution < -0.4 is 11.1 Å². The Hall–Kier alpha value is -2.67. The zero-order valence-corrected chi connectivity index (χ0v) is 12.1. The van der Waals surface area contributed by atoms with Gasteiger partial charge in [0, 0.05) is 17.3 Å². The first-order chi connectivity index (χ1) is 10.1. The first kappa shape index (κ1) is 13.3. The highest BCUT2D eigenvalue weighted by Gasteiger charge is 2.12. The molecule has 3 rings (SSSR count). The molecule has 2 heterocycles. The van der Waals surface area contributed by atoms with Crippen molar-refractivity contribution < 1.29 is 4.79 Å². The Balaban J connectivity index is 1.78. The molecule has 0 radical (unpaired) electrons. The van der Waals surface area contributed by atoms with Crippen LogP contribution in [0.4, 0.5) is 10.8 Å². The van der Waals surface area contributed by atoms with Crippen molar-refractivity contribution in [2.75, 3.05) is 11.1 Å². The number of carbonyl (C=O) groups excluding carboxylic acids is 1. The molecule has 6 nitrogen and oxygen atoms in total. The van der Waals surface area contributed by atoms with Crippen LogP contribution in [0.2, 0.25) is 0 Å². The number of aryl methyl sites for hydroxylation is 1. The van der Waals surface area contributed by atoms with E-state index in [4.69, 9.17) is 5.73 Å². The number of amides is 1. The van der Waals surface area contributed by atoms with Gasteiger partial charge in [0.25, 0.3) is 5.91 Å². The summed E-state index contributed by atoms with van der Waals surface area (Å²) in [5.41, 5.74) is 8.38. The van der Waals surface area contributed by atoms with Gasteiger partial charge >= 0.3 is 0 Å². The van der Waals surface area contributed by atoms with E-state index in [1.807, 2.05) is 24.4 Å². The minimum atomic E-state index is -0.279. The largest absolute Gasteiger partial charge is 0.399 e. The molecule has 0 aliphatic carbocycles. The first-order valence-electron chi connectivity index (χ1n) is 6.27. The monoisotopic (exact) mass is 299 g/mol. The van der Waals surface area contributed by atoms with Crippen LogP contribution in [0.15, 0.2) is 41.9 Å². The number of hydrogen-bond acceptors (Lipinski definition) is 5. The van der Waals surface area contributed by atoms with Gasteiger partial charge in [0.1, 0.15) is 0 Å². The van der Waals surface area contributed by atoms with Gasteiger partial charge < -0.3 is 5.73 Å². The molecule has 0 aliphatic heterocycles. The number of aromatic nitrogens is 3. The molecule has 1 amide bonds. The van der Waals surface area contributed by atoms with E-state index >= 15 is 0 Å². The number of thiazole rings is 1. The molecule has 3 aromatic rings. The Bertz CT molecular complexity index is 775. The number of nitrogens with two attached hydrogens (primary N) is 1. The van der Waals surface area contributed by atoms with Gasteiger partial charge in [-0.15, -0.1) is 11.3 Å². The fourth-order valence-corrected chi connectivity index (χ4v) is 2.47. The number of hydrogen-bond donors (Lipinski definition) is 2. The standard InChI is InChI=1S/C14H13N5OS/c1-9-8-21-14(16-9)17-13(20)12-6-7-19(18-12)11-4-2-10(15)3-5-11/h2-8H,15H2,1H3,(H,16,17,20). The molecule has 0 saturated heterocycles. The smallest absolute Gasteiger partial charge is 0.277 e. The number of nitrogen functional groups attached to an aromatic ring is 1. The first-order valence-corrected chi connectivity index (χ1v) is 7.15. The fourth-order valence-electron chi connectivity index (χ4n) is 1.79. The molecule has 0 unspecified atom stereocenters. The summed E-state index contributed by atoms with van der Waals surface area (Å²) in [5, 5.41) is 9.43. The maximum Gasteiger partial charge on any atom is 0.277 e. The number of rotatable bonds is 3. The highest BCUT2D eigenvalue weighted by Crippen LogP contribution is 2.16. The van der Waals surface area contributed by atoms with Gasteiger partial charge in [-0.1, -0.05) is 0 Å². The molecule has 0 spiro atoms. The molecule has 0 atom stereocenters. The predicted octanol–water partition coefficient (Wildman–Crippen LogP) is 2.47. The lowest BCUT2D eigenvalue weighted by molar-refractivity contribution is 0.102. The van der Waals surface area contributed by atoms with E-state index in [-0.39, 0.29) is 5.91 Å². The van der Waals surface area contributed by atoms with E-state index in [9.17, 15) is 4.79 Å². The molecule has 0 fully saturated rings. The Morgan fingerprint density at radius 3 is 2.71 bits per heavy atom. The van der Waals surface area contributed by atoms with Gasteiger partial charge in [0.15, 0.2) is 10.8 Å². The summed E-state index contributed by atoms with van der Waals surface area (Å²) in [6, 6.07) is 8.92. The number of anilines is 2. The third kappa shape index (κ3) is 2.92. The van der Waals surface area contributed by atoms with E-state index in [1.54, 1.807) is 29.1 Å². The van der Waals surface area contributed by atoms with Crippen molar-refractivity contribution in [1.82, 2.24) is 14.8 Å². The minimum absolute atomic E-state index is 0.279. The molecule has 0 bridgehead atoms. The average molecular weight is 299 g/mol. The van der Waals surface area contributed by atoms with Gasteiger partial charge in [0.2, 0.25) is 0 Å². The predicted molar refractivity (Wildman–Crippen MR) is 82.8 cm³/mol. The second kappa shape index (κ2) is 5.37. The van der Waals surface area contributed by atoms with Gasteiger partial charge in [-0.25, -0.2) is 9.67 Å². The average Bonchev–Trinajstić information content (AvgIpc) is 3.09. The van der Waals surface area contributed by atoms with E-state index in [1.165, 1.54) is 11.3 Å². The van der Waals surface area contributed by atoms with Crippen LogP contribution >= 0.6 is 11.3 Å². The van der Waals surface area contributed by atoms with Crippen molar-refractivity contribution in [3.63, 3.8) is 0 Å². The lowest BCUT2D eigenvalue weighted by atomic mass is 10.3. The minimum Gasteiger partial charge on any atom is -0.399 e. The molecule has 21 heavy (non-hydrogen) atoms. The number of benzene rings is 1. The number of nitrogens with zero attached hydrogens (tertiary/aromatic N) is 3. The van der Waals surface area contributed by atoms with E-state index < -0.39 is 0 Å². The van der Waals surface area contributed by atoms with Crippen molar-refractivity contribution in [2.24, 2.45) is 0 Å². The highest BCUT2D eigenvalue weighted by molar-refractivity contribution is 7.13. The summed E-state index contributed by atoms with van der Waals surface area (Å²) in [5.74, 6) is -0.279. The zero-order valence-electron chi connectivity index (χ0n) is 11.3. The molecule has 0 saturated carbocycles. The molecule has 3 N–H and O–H groups in total. The fraction of sp³-hybridized carbons (Fsp3) is 0.0714. The molecule has 7 heteroatoms. The van der Waals surface area contributed by atoms with Crippen LogP contribution in [-0.2, 0) is 0 Å². The van der Waals surface area contributed by atoms with Crippen LogP contribution in [0, 0.1) is 6.92 Å². The highest BCUT2D eigenvalue weighted by atomic mass is 32.1. The summed E-state index contributed by atoms with van der Waals surface area (Å²) < 4.78 is 1.63. The van der Waals surface area contributed by atoms with Crippen molar-refractivity contribution in [3.05, 3.63) is 53.3 Å².